The third-order valence-corrected chi connectivity index (χ3v) is 4.52. The number of nitrogens with one attached hydrogen (secondary N) is 1. The zero-order valence-corrected chi connectivity index (χ0v) is 13.0. The largest absolute Gasteiger partial charge is 0.311 e. The van der Waals surface area contributed by atoms with E-state index in [1.54, 1.807) is 12.3 Å². The Kier molecular flexibility index (Phi) is 5.65. The van der Waals surface area contributed by atoms with Crippen LogP contribution in [0.15, 0.2) is 18.3 Å². The molecule has 1 N–H and O–H groups in total. The quantitative estimate of drug-likeness (QED) is 0.901. The molecule has 3 nitrogen and oxygen atoms in total. The first kappa shape index (κ1) is 16.3. The van der Waals surface area contributed by atoms with Crippen LogP contribution >= 0.6 is 0 Å². The van der Waals surface area contributed by atoms with E-state index in [0.29, 0.717) is 12.1 Å². The van der Waals surface area contributed by atoms with Crippen molar-refractivity contribution in [1.29, 1.82) is 0 Å². The maximum atomic E-state index is 12.6. The Bertz CT molecular complexity index is 436. The highest BCUT2D eigenvalue weighted by Crippen LogP contribution is 2.27. The summed E-state index contributed by atoms with van der Waals surface area (Å²) < 4.78 is 25.2. The van der Waals surface area contributed by atoms with E-state index >= 15 is 0 Å². The van der Waals surface area contributed by atoms with E-state index in [2.05, 4.69) is 36.0 Å². The van der Waals surface area contributed by atoms with Crippen molar-refractivity contribution in [3.8, 4) is 0 Å². The fourth-order valence-corrected chi connectivity index (χ4v) is 3.00. The molecule has 0 amide bonds. The second kappa shape index (κ2) is 7.27. The third-order valence-electron chi connectivity index (χ3n) is 4.52. The van der Waals surface area contributed by atoms with Crippen LogP contribution in [0, 0.1) is 0 Å². The monoisotopic (exact) mass is 297 g/mol. The lowest BCUT2D eigenvalue weighted by Gasteiger charge is -2.43. The summed E-state index contributed by atoms with van der Waals surface area (Å²) in [6, 6.07) is 4.41. The number of hydrogen-bond acceptors (Lipinski definition) is 3. The zero-order valence-electron chi connectivity index (χ0n) is 13.0. The zero-order chi connectivity index (χ0) is 15.4. The smallest absolute Gasteiger partial charge is 0.280 e. The molecule has 0 spiro atoms. The number of piperazine rings is 1. The predicted octanol–water partition coefficient (Wildman–Crippen LogP) is 3.54. The van der Waals surface area contributed by atoms with Crippen molar-refractivity contribution in [2.75, 3.05) is 13.1 Å². The Hall–Kier alpha value is -1.07. The van der Waals surface area contributed by atoms with Crippen molar-refractivity contribution < 1.29 is 8.78 Å². The highest BCUT2D eigenvalue weighted by atomic mass is 19.3. The van der Waals surface area contributed by atoms with Gasteiger partial charge in [-0.3, -0.25) is 9.88 Å². The van der Waals surface area contributed by atoms with Crippen LogP contribution in [-0.4, -0.2) is 35.1 Å². The third kappa shape index (κ3) is 3.77. The molecule has 1 fully saturated rings. The Labute approximate surface area is 125 Å². The first-order valence-corrected chi connectivity index (χ1v) is 7.79. The minimum atomic E-state index is -2.50. The SMILES string of the molecule is CC[C@H]1CN(C(C)c2ccc(C(F)F)nc2)[C@H](CC)CN1. The first-order valence-electron chi connectivity index (χ1n) is 7.79. The van der Waals surface area contributed by atoms with Gasteiger partial charge in [0.15, 0.2) is 0 Å². The Morgan fingerprint density at radius 1 is 1.33 bits per heavy atom. The van der Waals surface area contributed by atoms with Gasteiger partial charge in [0.2, 0.25) is 0 Å². The summed E-state index contributed by atoms with van der Waals surface area (Å²) in [5.74, 6) is 0. The van der Waals surface area contributed by atoms with Crippen LogP contribution in [0.25, 0.3) is 0 Å². The van der Waals surface area contributed by atoms with Crippen LogP contribution in [0.1, 0.15) is 57.3 Å². The van der Waals surface area contributed by atoms with E-state index in [1.165, 1.54) is 6.07 Å². The lowest BCUT2D eigenvalue weighted by molar-refractivity contribution is 0.0847. The van der Waals surface area contributed by atoms with Gasteiger partial charge >= 0.3 is 0 Å². The molecular formula is C16H25F2N3. The van der Waals surface area contributed by atoms with Gasteiger partial charge in [0.05, 0.1) is 0 Å². The van der Waals surface area contributed by atoms with Crippen LogP contribution in [0.3, 0.4) is 0 Å². The molecule has 2 heterocycles. The maximum absolute atomic E-state index is 12.6. The van der Waals surface area contributed by atoms with E-state index < -0.39 is 6.43 Å². The molecule has 1 aromatic heterocycles. The normalized spacial score (nSPS) is 25.2. The molecule has 21 heavy (non-hydrogen) atoms. The lowest BCUT2D eigenvalue weighted by atomic mass is 9.99. The van der Waals surface area contributed by atoms with Crippen LogP contribution in [0.4, 0.5) is 8.78 Å². The Balaban J connectivity index is 2.13. The molecule has 0 aliphatic carbocycles. The van der Waals surface area contributed by atoms with Crippen molar-refractivity contribution in [1.82, 2.24) is 15.2 Å². The summed E-state index contributed by atoms with van der Waals surface area (Å²) in [5, 5.41) is 3.57. The van der Waals surface area contributed by atoms with Crippen molar-refractivity contribution in [2.24, 2.45) is 0 Å². The summed E-state index contributed by atoms with van der Waals surface area (Å²) in [5.41, 5.74) is 0.861. The van der Waals surface area contributed by atoms with Crippen LogP contribution in [0.5, 0.6) is 0 Å². The minimum Gasteiger partial charge on any atom is -0.311 e. The number of alkyl halides is 2. The average Bonchev–Trinajstić information content (AvgIpc) is 2.53. The molecule has 5 heteroatoms. The molecule has 0 aromatic carbocycles. The highest BCUT2D eigenvalue weighted by molar-refractivity contribution is 5.18. The molecular weight excluding hydrogens is 272 g/mol. The summed E-state index contributed by atoms with van der Waals surface area (Å²) >= 11 is 0. The predicted molar refractivity (Wildman–Crippen MR) is 80.5 cm³/mol. The van der Waals surface area contributed by atoms with Gasteiger partial charge in [-0.25, -0.2) is 8.78 Å². The van der Waals surface area contributed by atoms with Crippen LogP contribution in [-0.2, 0) is 0 Å². The minimum absolute atomic E-state index is 0.148. The number of pyridine rings is 1. The van der Waals surface area contributed by atoms with Crippen molar-refractivity contribution in [3.05, 3.63) is 29.6 Å². The lowest BCUT2D eigenvalue weighted by Crippen LogP contribution is -2.56. The molecule has 2 rings (SSSR count). The molecule has 1 aliphatic rings. The van der Waals surface area contributed by atoms with Gasteiger partial charge < -0.3 is 5.32 Å². The van der Waals surface area contributed by atoms with Crippen molar-refractivity contribution in [3.63, 3.8) is 0 Å². The molecule has 1 aliphatic heterocycles. The number of rotatable bonds is 5. The molecule has 0 bridgehead atoms. The van der Waals surface area contributed by atoms with Gasteiger partial charge in [0.1, 0.15) is 5.69 Å². The van der Waals surface area contributed by atoms with E-state index in [1.807, 2.05) is 0 Å². The highest BCUT2D eigenvalue weighted by Gasteiger charge is 2.30. The number of nitrogens with zero attached hydrogens (tertiary/aromatic N) is 2. The molecule has 0 saturated carbocycles. The summed E-state index contributed by atoms with van der Waals surface area (Å²) in [7, 11) is 0. The molecule has 118 valence electrons. The molecule has 1 aromatic rings. The summed E-state index contributed by atoms with van der Waals surface area (Å²) in [6.45, 7) is 8.50. The summed E-state index contributed by atoms with van der Waals surface area (Å²) in [4.78, 5) is 6.37. The van der Waals surface area contributed by atoms with Gasteiger partial charge in [-0.05, 0) is 31.4 Å². The van der Waals surface area contributed by atoms with Gasteiger partial charge in [-0.15, -0.1) is 0 Å². The van der Waals surface area contributed by atoms with Gasteiger partial charge in [0.25, 0.3) is 6.43 Å². The van der Waals surface area contributed by atoms with E-state index in [9.17, 15) is 8.78 Å². The van der Waals surface area contributed by atoms with Gasteiger partial charge in [0, 0.05) is 37.4 Å². The van der Waals surface area contributed by atoms with Crippen molar-refractivity contribution in [2.45, 2.75) is 58.2 Å². The van der Waals surface area contributed by atoms with E-state index in [0.717, 1.165) is 31.5 Å². The first-order chi connectivity index (χ1) is 10.1. The van der Waals surface area contributed by atoms with Crippen LogP contribution in [0.2, 0.25) is 0 Å². The molecule has 3 atom stereocenters. The topological polar surface area (TPSA) is 28.2 Å². The second-order valence-electron chi connectivity index (χ2n) is 5.77. The van der Waals surface area contributed by atoms with Gasteiger partial charge in [-0.1, -0.05) is 19.9 Å². The molecule has 1 saturated heterocycles. The fraction of sp³-hybridized carbons (Fsp3) is 0.688. The maximum Gasteiger partial charge on any atom is 0.280 e. The molecule has 1 unspecified atom stereocenters. The number of hydrogen-bond donors (Lipinski definition) is 1. The van der Waals surface area contributed by atoms with E-state index in [-0.39, 0.29) is 11.7 Å². The average molecular weight is 297 g/mol. The number of aromatic nitrogens is 1. The number of halogens is 2. The molecule has 0 radical (unpaired) electrons. The fourth-order valence-electron chi connectivity index (χ4n) is 3.00. The summed E-state index contributed by atoms with van der Waals surface area (Å²) in [6.07, 6.45) is 1.28. The standard InChI is InChI=1S/C16H25F2N3/c1-4-13-10-21(14(5-2)9-19-13)11(3)12-6-7-15(16(17)18)20-8-12/h6-8,11,13-14,16,19H,4-5,9-10H2,1-3H3/t11?,13-,14+/m0/s1. The van der Waals surface area contributed by atoms with Crippen LogP contribution < -0.4 is 5.32 Å². The van der Waals surface area contributed by atoms with E-state index in [4.69, 9.17) is 0 Å². The second-order valence-corrected chi connectivity index (χ2v) is 5.77. The van der Waals surface area contributed by atoms with Gasteiger partial charge in [-0.2, -0.15) is 0 Å². The Morgan fingerprint density at radius 2 is 2.10 bits per heavy atom. The Morgan fingerprint density at radius 3 is 2.62 bits per heavy atom. The van der Waals surface area contributed by atoms with Crippen molar-refractivity contribution >= 4 is 0 Å².